The molecular weight excluding hydrogens is 214 g/mol. The Kier molecular flexibility index (Phi) is 5.22. The number of carbonyl (C=O) groups excluding carboxylic acids is 1. The molecule has 0 fully saturated rings. The van der Waals surface area contributed by atoms with Crippen LogP contribution in [0.15, 0.2) is 12.1 Å². The van der Waals surface area contributed by atoms with Gasteiger partial charge in [0.15, 0.2) is 0 Å². The van der Waals surface area contributed by atoms with E-state index in [1.54, 1.807) is 0 Å². The van der Waals surface area contributed by atoms with Gasteiger partial charge in [-0.2, -0.15) is 0 Å². The van der Waals surface area contributed by atoms with Crippen LogP contribution in [0.2, 0.25) is 0 Å². The van der Waals surface area contributed by atoms with Gasteiger partial charge in [-0.25, -0.2) is 0 Å². The van der Waals surface area contributed by atoms with Gasteiger partial charge in [0.25, 0.3) is 0 Å². The van der Waals surface area contributed by atoms with Crippen LogP contribution in [-0.2, 0) is 11.3 Å². The van der Waals surface area contributed by atoms with E-state index in [1.165, 1.54) is 0 Å². The molecule has 1 amide bonds. The van der Waals surface area contributed by atoms with E-state index in [0.29, 0.717) is 6.54 Å². The van der Waals surface area contributed by atoms with Gasteiger partial charge < -0.3 is 14.8 Å². The van der Waals surface area contributed by atoms with E-state index in [1.807, 2.05) is 44.6 Å². The number of nitrogens with zero attached hydrogens (tertiary/aromatic N) is 2. The van der Waals surface area contributed by atoms with Crippen LogP contribution >= 0.6 is 0 Å². The van der Waals surface area contributed by atoms with Crippen LogP contribution in [-0.4, -0.2) is 42.6 Å². The normalized spacial score (nSPS) is 10.9. The zero-order valence-corrected chi connectivity index (χ0v) is 11.3. The summed E-state index contributed by atoms with van der Waals surface area (Å²) in [4.78, 5) is 13.8. The number of hydrogen-bond donors (Lipinski definition) is 1. The number of rotatable bonds is 6. The zero-order chi connectivity index (χ0) is 12.8. The molecule has 0 unspecified atom stereocenters. The molecular formula is C13H23N3O. The highest BCUT2D eigenvalue weighted by Crippen LogP contribution is 2.06. The average molecular weight is 237 g/mol. The summed E-state index contributed by atoms with van der Waals surface area (Å²) < 4.78 is 2.03. The molecule has 0 saturated heterocycles. The highest BCUT2D eigenvalue weighted by Gasteiger charge is 2.06. The quantitative estimate of drug-likeness (QED) is 0.754. The molecule has 96 valence electrons. The molecule has 1 N–H and O–H groups in total. The van der Waals surface area contributed by atoms with Crippen molar-refractivity contribution in [3.05, 3.63) is 23.5 Å². The van der Waals surface area contributed by atoms with Gasteiger partial charge in [0.1, 0.15) is 6.54 Å². The van der Waals surface area contributed by atoms with E-state index in [2.05, 4.69) is 10.2 Å². The van der Waals surface area contributed by atoms with Gasteiger partial charge in [-0.1, -0.05) is 0 Å². The van der Waals surface area contributed by atoms with E-state index >= 15 is 0 Å². The standard InChI is InChI=1S/C13H23N3O/c1-11-6-7-12(2)16(11)10-13(17)14-8-5-9-15(3)4/h6-7H,5,8-10H2,1-4H3,(H,14,17). The summed E-state index contributed by atoms with van der Waals surface area (Å²) in [5, 5.41) is 2.94. The number of carbonyl (C=O) groups is 1. The van der Waals surface area contributed by atoms with Crippen molar-refractivity contribution in [2.75, 3.05) is 27.2 Å². The van der Waals surface area contributed by atoms with Crippen LogP contribution in [0.3, 0.4) is 0 Å². The first-order chi connectivity index (χ1) is 8.00. The second kappa shape index (κ2) is 6.45. The van der Waals surface area contributed by atoms with E-state index in [-0.39, 0.29) is 5.91 Å². The first kappa shape index (κ1) is 13.8. The Morgan fingerprint density at radius 2 is 1.88 bits per heavy atom. The van der Waals surface area contributed by atoms with E-state index < -0.39 is 0 Å². The molecule has 0 atom stereocenters. The van der Waals surface area contributed by atoms with Crippen LogP contribution < -0.4 is 5.32 Å². The molecule has 0 spiro atoms. The van der Waals surface area contributed by atoms with Gasteiger partial charge >= 0.3 is 0 Å². The summed E-state index contributed by atoms with van der Waals surface area (Å²) in [5.74, 6) is 0.0890. The molecule has 0 saturated carbocycles. The van der Waals surface area contributed by atoms with Gasteiger partial charge in [0, 0.05) is 17.9 Å². The first-order valence-electron chi connectivity index (χ1n) is 6.05. The third-order valence-corrected chi connectivity index (χ3v) is 2.82. The number of hydrogen-bond acceptors (Lipinski definition) is 2. The zero-order valence-electron chi connectivity index (χ0n) is 11.3. The predicted molar refractivity (Wildman–Crippen MR) is 70.1 cm³/mol. The topological polar surface area (TPSA) is 37.3 Å². The lowest BCUT2D eigenvalue weighted by molar-refractivity contribution is -0.121. The van der Waals surface area contributed by atoms with Gasteiger partial charge in [0.2, 0.25) is 5.91 Å². The van der Waals surface area contributed by atoms with Crippen molar-refractivity contribution in [3.63, 3.8) is 0 Å². The molecule has 17 heavy (non-hydrogen) atoms. The Balaban J connectivity index is 2.30. The number of aryl methyl sites for hydroxylation is 2. The molecule has 0 aliphatic rings. The SMILES string of the molecule is Cc1ccc(C)n1CC(=O)NCCCN(C)C. The van der Waals surface area contributed by atoms with Crippen LogP contribution in [0.25, 0.3) is 0 Å². The van der Waals surface area contributed by atoms with E-state index in [9.17, 15) is 4.79 Å². The van der Waals surface area contributed by atoms with Crippen molar-refractivity contribution in [2.45, 2.75) is 26.8 Å². The third kappa shape index (κ3) is 4.61. The molecule has 0 aliphatic heterocycles. The van der Waals surface area contributed by atoms with Crippen LogP contribution in [0, 0.1) is 13.8 Å². The van der Waals surface area contributed by atoms with E-state index in [4.69, 9.17) is 0 Å². The second-order valence-corrected chi connectivity index (χ2v) is 4.71. The van der Waals surface area contributed by atoms with Gasteiger partial charge in [0.05, 0.1) is 0 Å². The van der Waals surface area contributed by atoms with E-state index in [0.717, 1.165) is 30.9 Å². The molecule has 1 heterocycles. The van der Waals surface area contributed by atoms with Gasteiger partial charge in [-0.15, -0.1) is 0 Å². The minimum absolute atomic E-state index is 0.0890. The van der Waals surface area contributed by atoms with Crippen molar-refractivity contribution >= 4 is 5.91 Å². The lowest BCUT2D eigenvalue weighted by atomic mass is 10.4. The molecule has 0 bridgehead atoms. The highest BCUT2D eigenvalue weighted by atomic mass is 16.1. The summed E-state index contributed by atoms with van der Waals surface area (Å²) in [7, 11) is 4.07. The monoisotopic (exact) mass is 237 g/mol. The molecule has 4 heteroatoms. The Morgan fingerprint density at radius 1 is 1.29 bits per heavy atom. The van der Waals surface area contributed by atoms with Crippen molar-refractivity contribution in [2.24, 2.45) is 0 Å². The maximum atomic E-state index is 11.7. The van der Waals surface area contributed by atoms with Crippen molar-refractivity contribution < 1.29 is 4.79 Å². The van der Waals surface area contributed by atoms with Crippen molar-refractivity contribution in [1.82, 2.24) is 14.8 Å². The molecule has 0 aliphatic carbocycles. The van der Waals surface area contributed by atoms with Crippen LogP contribution in [0.5, 0.6) is 0 Å². The third-order valence-electron chi connectivity index (χ3n) is 2.82. The summed E-state index contributed by atoms with van der Waals surface area (Å²) >= 11 is 0. The lowest BCUT2D eigenvalue weighted by Gasteiger charge is -2.11. The van der Waals surface area contributed by atoms with Crippen LogP contribution in [0.4, 0.5) is 0 Å². The molecule has 4 nitrogen and oxygen atoms in total. The van der Waals surface area contributed by atoms with Gasteiger partial charge in [-0.05, 0) is 53.0 Å². The Labute approximate surface area is 104 Å². The lowest BCUT2D eigenvalue weighted by Crippen LogP contribution is -2.30. The predicted octanol–water partition coefficient (Wildman–Crippen LogP) is 1.17. The fourth-order valence-corrected chi connectivity index (χ4v) is 1.77. The maximum absolute atomic E-state index is 11.7. The average Bonchev–Trinajstić information content (AvgIpc) is 2.56. The minimum atomic E-state index is 0.0890. The molecule has 1 rings (SSSR count). The molecule has 1 aromatic rings. The Morgan fingerprint density at radius 3 is 2.41 bits per heavy atom. The fraction of sp³-hybridized carbons (Fsp3) is 0.615. The number of nitrogens with one attached hydrogen (secondary N) is 1. The summed E-state index contributed by atoms with van der Waals surface area (Å²) in [6.07, 6.45) is 0.988. The maximum Gasteiger partial charge on any atom is 0.239 e. The number of amides is 1. The van der Waals surface area contributed by atoms with Crippen molar-refractivity contribution in [1.29, 1.82) is 0 Å². The smallest absolute Gasteiger partial charge is 0.239 e. The molecule has 0 aromatic carbocycles. The Hall–Kier alpha value is -1.29. The Bertz CT molecular complexity index is 349. The van der Waals surface area contributed by atoms with Gasteiger partial charge in [-0.3, -0.25) is 4.79 Å². The largest absolute Gasteiger partial charge is 0.355 e. The van der Waals surface area contributed by atoms with Crippen molar-refractivity contribution in [3.8, 4) is 0 Å². The summed E-state index contributed by atoms with van der Waals surface area (Å²) in [5.41, 5.74) is 2.26. The van der Waals surface area contributed by atoms with Crippen LogP contribution in [0.1, 0.15) is 17.8 Å². The number of aromatic nitrogens is 1. The fourth-order valence-electron chi connectivity index (χ4n) is 1.77. The minimum Gasteiger partial charge on any atom is -0.355 e. The molecule has 1 aromatic heterocycles. The molecule has 0 radical (unpaired) electrons. The highest BCUT2D eigenvalue weighted by molar-refractivity contribution is 5.75. The first-order valence-corrected chi connectivity index (χ1v) is 6.05. The second-order valence-electron chi connectivity index (χ2n) is 4.71. The summed E-state index contributed by atoms with van der Waals surface area (Å²) in [6.45, 7) is 6.21. The summed E-state index contributed by atoms with van der Waals surface area (Å²) in [6, 6.07) is 4.07.